The number of hydrogen-bond donors (Lipinski definition) is 3. The molecule has 1 rings (SSSR count). The molecule has 112 valence electrons. The quantitative estimate of drug-likeness (QED) is 0.536. The highest BCUT2D eigenvalue weighted by Crippen LogP contribution is 2.14. The molecule has 1 saturated heterocycles. The van der Waals surface area contributed by atoms with Gasteiger partial charge in [0.1, 0.15) is 11.5 Å². The molecule has 4 nitrogen and oxygen atoms in total. The van der Waals surface area contributed by atoms with Gasteiger partial charge in [0.2, 0.25) is 0 Å². The molecule has 0 aromatic heterocycles. The van der Waals surface area contributed by atoms with E-state index in [1.165, 1.54) is 19.3 Å². The highest BCUT2D eigenvalue weighted by Gasteiger charge is 2.24. The van der Waals surface area contributed by atoms with Crippen LogP contribution in [0, 0.1) is 5.92 Å². The van der Waals surface area contributed by atoms with Crippen LogP contribution < -0.4 is 5.32 Å². The molecular formula is C13H25NO3S2. The fraction of sp³-hybridized carbons (Fsp3) is 0.923. The van der Waals surface area contributed by atoms with Gasteiger partial charge in [0, 0.05) is 0 Å². The number of nitrogens with one attached hydrogen (secondary N) is 1. The maximum Gasteiger partial charge on any atom is 0.325 e. The molecule has 6 heteroatoms. The summed E-state index contributed by atoms with van der Waals surface area (Å²) in [5.41, 5.74) is 0. The molecule has 2 N–H and O–H groups in total. The summed E-state index contributed by atoms with van der Waals surface area (Å²) in [4.78, 5) is 11.2. The summed E-state index contributed by atoms with van der Waals surface area (Å²) in [5, 5.41) is 12.2. The molecule has 0 bridgehead atoms. The molecule has 0 aromatic carbocycles. The van der Waals surface area contributed by atoms with Crippen LogP contribution in [0.3, 0.4) is 0 Å². The van der Waals surface area contributed by atoms with Crippen molar-refractivity contribution >= 4 is 29.8 Å². The van der Waals surface area contributed by atoms with E-state index in [1.54, 1.807) is 0 Å². The Balaban J connectivity index is 2.55. The van der Waals surface area contributed by atoms with E-state index in [0.717, 1.165) is 25.0 Å². The number of aliphatic carboxylic acids is 1. The standard InChI is InChI=1S/C13H25NO3S2/c15-13(16)12-10-19(17)7-5-3-1-2-4-6-11(9-18)8-14-12/h11-12,14,18H,1-10H2,(H,15,16). The third kappa shape index (κ3) is 7.44. The Morgan fingerprint density at radius 1 is 1.32 bits per heavy atom. The van der Waals surface area contributed by atoms with Crippen molar-refractivity contribution in [2.45, 2.75) is 44.6 Å². The molecule has 1 fully saturated rings. The van der Waals surface area contributed by atoms with Crippen molar-refractivity contribution < 1.29 is 14.5 Å². The lowest BCUT2D eigenvalue weighted by Gasteiger charge is -2.20. The van der Waals surface area contributed by atoms with Crippen molar-refractivity contribution in [3.05, 3.63) is 0 Å². The van der Waals surface area contributed by atoms with Gasteiger partial charge in [-0.15, -0.1) is 0 Å². The Bertz CT molecular complexity index is 266. The molecule has 0 radical (unpaired) electrons. The van der Waals surface area contributed by atoms with Gasteiger partial charge in [-0.3, -0.25) is 4.79 Å². The number of thiol groups is 1. The minimum absolute atomic E-state index is 0.217. The molecule has 3 unspecified atom stereocenters. The zero-order valence-corrected chi connectivity index (χ0v) is 13.1. The molecule has 0 spiro atoms. The molecule has 1 aliphatic rings. The number of hydrogen-bond acceptors (Lipinski definition) is 4. The minimum Gasteiger partial charge on any atom is -0.616 e. The zero-order valence-electron chi connectivity index (χ0n) is 11.3. The molecule has 0 amide bonds. The summed E-state index contributed by atoms with van der Waals surface area (Å²) in [6.07, 6.45) is 6.70. The number of carboxylic acid groups (broad SMARTS) is 1. The summed E-state index contributed by atoms with van der Waals surface area (Å²) in [6.45, 7) is 0.650. The van der Waals surface area contributed by atoms with Crippen molar-refractivity contribution in [2.24, 2.45) is 5.92 Å². The lowest BCUT2D eigenvalue weighted by Crippen LogP contribution is -2.44. The number of carbonyl (C=O) groups is 1. The van der Waals surface area contributed by atoms with Gasteiger partial charge < -0.3 is 15.0 Å². The van der Waals surface area contributed by atoms with Gasteiger partial charge in [0.15, 0.2) is 6.04 Å². The fourth-order valence-corrected chi connectivity index (χ4v) is 3.92. The van der Waals surface area contributed by atoms with Crippen molar-refractivity contribution in [2.75, 3.05) is 23.8 Å². The third-order valence-electron chi connectivity index (χ3n) is 3.55. The molecule has 19 heavy (non-hydrogen) atoms. The lowest BCUT2D eigenvalue weighted by molar-refractivity contribution is -0.138. The summed E-state index contributed by atoms with van der Waals surface area (Å²) in [7, 11) is 0. The van der Waals surface area contributed by atoms with Crippen LogP contribution >= 0.6 is 12.6 Å². The van der Waals surface area contributed by atoms with E-state index in [4.69, 9.17) is 5.11 Å². The largest absolute Gasteiger partial charge is 0.616 e. The van der Waals surface area contributed by atoms with Gasteiger partial charge in [-0.05, 0) is 37.5 Å². The first kappa shape index (κ1) is 17.1. The van der Waals surface area contributed by atoms with Crippen LogP contribution in [0.25, 0.3) is 0 Å². The highest BCUT2D eigenvalue weighted by molar-refractivity contribution is 7.91. The maximum atomic E-state index is 11.8. The second kappa shape index (κ2) is 9.91. The Kier molecular flexibility index (Phi) is 8.94. The predicted molar refractivity (Wildman–Crippen MR) is 82.3 cm³/mol. The van der Waals surface area contributed by atoms with Crippen molar-refractivity contribution in [3.63, 3.8) is 0 Å². The molecule has 1 heterocycles. The van der Waals surface area contributed by atoms with Gasteiger partial charge in [0.25, 0.3) is 0 Å². The van der Waals surface area contributed by atoms with Crippen LogP contribution in [0.2, 0.25) is 0 Å². The van der Waals surface area contributed by atoms with Crippen molar-refractivity contribution in [3.8, 4) is 0 Å². The molecular weight excluding hydrogens is 282 g/mol. The Labute approximate surface area is 124 Å². The SMILES string of the molecule is O=C(O)C1C[S+]([O-])CCCCCCCC(CS)CN1. The van der Waals surface area contributed by atoms with Crippen LogP contribution in [0.5, 0.6) is 0 Å². The first-order valence-corrected chi connectivity index (χ1v) is 9.17. The Morgan fingerprint density at radius 2 is 2.00 bits per heavy atom. The van der Waals surface area contributed by atoms with Crippen molar-refractivity contribution in [1.29, 1.82) is 0 Å². The predicted octanol–water partition coefficient (Wildman–Crippen LogP) is 1.68. The molecule has 0 saturated carbocycles. The van der Waals surface area contributed by atoms with E-state index < -0.39 is 23.2 Å². The van der Waals surface area contributed by atoms with Gasteiger partial charge in [-0.1, -0.05) is 30.4 Å². The van der Waals surface area contributed by atoms with Crippen LogP contribution in [0.1, 0.15) is 38.5 Å². The number of rotatable bonds is 2. The van der Waals surface area contributed by atoms with Crippen LogP contribution in [0.4, 0.5) is 0 Å². The topological polar surface area (TPSA) is 72.4 Å². The first-order chi connectivity index (χ1) is 9.13. The van der Waals surface area contributed by atoms with Crippen LogP contribution in [0.15, 0.2) is 0 Å². The second-order valence-electron chi connectivity index (χ2n) is 5.21. The van der Waals surface area contributed by atoms with E-state index >= 15 is 0 Å². The summed E-state index contributed by atoms with van der Waals surface area (Å²) >= 11 is 3.30. The summed E-state index contributed by atoms with van der Waals surface area (Å²) < 4.78 is 11.8. The fourth-order valence-electron chi connectivity index (χ4n) is 2.28. The van der Waals surface area contributed by atoms with E-state index in [0.29, 0.717) is 18.2 Å². The average molecular weight is 307 g/mol. The van der Waals surface area contributed by atoms with Gasteiger partial charge >= 0.3 is 5.97 Å². The molecule has 3 atom stereocenters. The molecule has 0 aromatic rings. The normalized spacial score (nSPS) is 31.8. The van der Waals surface area contributed by atoms with Gasteiger partial charge in [-0.2, -0.15) is 12.6 Å². The highest BCUT2D eigenvalue weighted by atomic mass is 32.2. The maximum absolute atomic E-state index is 11.8. The zero-order chi connectivity index (χ0) is 14.1. The Morgan fingerprint density at radius 3 is 2.68 bits per heavy atom. The third-order valence-corrected chi connectivity index (χ3v) is 5.51. The van der Waals surface area contributed by atoms with Gasteiger partial charge in [-0.25, -0.2) is 0 Å². The molecule has 1 aliphatic heterocycles. The Hall–Kier alpha value is 0.0900. The van der Waals surface area contributed by atoms with E-state index in [9.17, 15) is 9.35 Å². The van der Waals surface area contributed by atoms with E-state index in [2.05, 4.69) is 17.9 Å². The average Bonchev–Trinajstić information content (AvgIpc) is 2.40. The van der Waals surface area contributed by atoms with Crippen LogP contribution in [-0.2, 0) is 16.0 Å². The summed E-state index contributed by atoms with van der Waals surface area (Å²) in [6, 6.07) is -0.691. The minimum atomic E-state index is -1.03. The number of carboxylic acids is 1. The second-order valence-corrected chi connectivity index (χ2v) is 7.20. The monoisotopic (exact) mass is 307 g/mol. The van der Waals surface area contributed by atoms with E-state index in [-0.39, 0.29) is 5.75 Å². The van der Waals surface area contributed by atoms with E-state index in [1.807, 2.05) is 0 Å². The lowest BCUT2D eigenvalue weighted by atomic mass is 10.0. The first-order valence-electron chi connectivity index (χ1n) is 7.05. The van der Waals surface area contributed by atoms with Crippen molar-refractivity contribution in [1.82, 2.24) is 5.32 Å². The van der Waals surface area contributed by atoms with Crippen LogP contribution in [-0.4, -0.2) is 45.5 Å². The molecule has 0 aliphatic carbocycles. The smallest absolute Gasteiger partial charge is 0.325 e. The summed E-state index contributed by atoms with van der Waals surface area (Å²) in [5.74, 6) is 1.11. The van der Waals surface area contributed by atoms with Gasteiger partial charge in [0.05, 0.1) is 0 Å².